The number of hydrogen-bond donors (Lipinski definition) is 1. The third kappa shape index (κ3) is 4.95. The number of nitrogens with two attached hydrogens (primary N) is 1. The van der Waals surface area contributed by atoms with Gasteiger partial charge in [0.1, 0.15) is 0 Å². The molecule has 0 aromatic carbocycles. The van der Waals surface area contributed by atoms with Gasteiger partial charge in [-0.15, -0.1) is 17.5 Å². The summed E-state index contributed by atoms with van der Waals surface area (Å²) >= 11 is 0. The molecule has 2 heterocycles. The fourth-order valence-electron chi connectivity index (χ4n) is 2.68. The summed E-state index contributed by atoms with van der Waals surface area (Å²) in [6, 6.07) is 0.127. The molecule has 2 unspecified atom stereocenters. The van der Waals surface area contributed by atoms with Crippen molar-refractivity contribution in [2.45, 2.75) is 52.6 Å². The summed E-state index contributed by atoms with van der Waals surface area (Å²) in [4.78, 5) is 14.4. The van der Waals surface area contributed by atoms with Gasteiger partial charge < -0.3 is 10.6 Å². The van der Waals surface area contributed by atoms with E-state index in [9.17, 15) is 4.79 Å². The number of piperidine rings is 1. The number of aryl methyl sites for hydroxylation is 1. The van der Waals surface area contributed by atoms with E-state index in [-0.39, 0.29) is 24.4 Å². The molecule has 1 fully saturated rings. The number of halogens is 1. The Bertz CT molecular complexity index is 474. The molecule has 2 N–H and O–H groups in total. The Balaban J connectivity index is 0.00000242. The van der Waals surface area contributed by atoms with Crippen LogP contribution in [-0.2, 0) is 6.54 Å². The average Bonchev–Trinajstić information content (AvgIpc) is 2.93. The second kappa shape index (κ2) is 8.48. The van der Waals surface area contributed by atoms with Gasteiger partial charge in [-0.05, 0) is 38.0 Å². The lowest BCUT2D eigenvalue weighted by atomic mass is 9.92. The Kier molecular flexibility index (Phi) is 7.29. The van der Waals surface area contributed by atoms with Crippen molar-refractivity contribution in [2.24, 2.45) is 17.6 Å². The fraction of sp³-hybridized carbons (Fsp3) is 0.800. The maximum Gasteiger partial charge on any atom is 0.276 e. The van der Waals surface area contributed by atoms with Crippen LogP contribution >= 0.6 is 12.4 Å². The van der Waals surface area contributed by atoms with Crippen molar-refractivity contribution in [3.05, 3.63) is 11.9 Å². The van der Waals surface area contributed by atoms with E-state index in [1.807, 2.05) is 11.8 Å². The first-order valence-electron chi connectivity index (χ1n) is 7.92. The Labute approximate surface area is 138 Å². The van der Waals surface area contributed by atoms with E-state index in [4.69, 9.17) is 5.73 Å². The summed E-state index contributed by atoms with van der Waals surface area (Å²) < 4.78 is 1.76. The van der Waals surface area contributed by atoms with Crippen LogP contribution in [-0.4, -0.2) is 44.9 Å². The minimum absolute atomic E-state index is 0. The Hall–Kier alpha value is -1.14. The minimum atomic E-state index is -0.0175. The van der Waals surface area contributed by atoms with Crippen molar-refractivity contribution in [1.82, 2.24) is 19.9 Å². The molecular formula is C15H28ClN5O. The van der Waals surface area contributed by atoms with Crippen LogP contribution < -0.4 is 5.73 Å². The zero-order valence-electron chi connectivity index (χ0n) is 13.7. The van der Waals surface area contributed by atoms with Gasteiger partial charge in [0.05, 0.1) is 6.20 Å². The van der Waals surface area contributed by atoms with Crippen molar-refractivity contribution < 1.29 is 4.79 Å². The average molecular weight is 330 g/mol. The summed E-state index contributed by atoms with van der Waals surface area (Å²) in [5.74, 6) is 0.983. The summed E-state index contributed by atoms with van der Waals surface area (Å²) in [5.41, 5.74) is 6.42. The van der Waals surface area contributed by atoms with Gasteiger partial charge in [0, 0.05) is 25.7 Å². The quantitative estimate of drug-likeness (QED) is 0.895. The lowest BCUT2D eigenvalue weighted by Gasteiger charge is -2.34. The monoisotopic (exact) mass is 329 g/mol. The van der Waals surface area contributed by atoms with Crippen LogP contribution in [0.3, 0.4) is 0 Å². The van der Waals surface area contributed by atoms with Gasteiger partial charge in [-0.25, -0.2) is 0 Å². The topological polar surface area (TPSA) is 77.0 Å². The first kappa shape index (κ1) is 18.9. The van der Waals surface area contributed by atoms with E-state index in [0.717, 1.165) is 38.9 Å². The number of nitrogens with zero attached hydrogens (tertiary/aromatic N) is 4. The van der Waals surface area contributed by atoms with Crippen LogP contribution in [0.15, 0.2) is 6.20 Å². The standard InChI is InChI=1S/C15H27N5O.ClH/c1-11(2)6-8-20-10-14(17-18-20)15(21)19-7-4-5-13(9-19)12(3)16;/h10-13H,4-9,16H2,1-3H3;1H. The molecule has 1 aromatic heterocycles. The van der Waals surface area contributed by atoms with E-state index in [0.29, 0.717) is 17.5 Å². The van der Waals surface area contributed by atoms with Gasteiger partial charge in [0.25, 0.3) is 5.91 Å². The predicted molar refractivity (Wildman–Crippen MR) is 89.0 cm³/mol. The summed E-state index contributed by atoms with van der Waals surface area (Å²) in [6.07, 6.45) is 4.91. The predicted octanol–water partition coefficient (Wildman–Crippen LogP) is 1.95. The molecule has 1 saturated heterocycles. The van der Waals surface area contributed by atoms with E-state index >= 15 is 0 Å². The van der Waals surface area contributed by atoms with Crippen LogP contribution in [0, 0.1) is 11.8 Å². The SMILES string of the molecule is CC(C)CCn1cc(C(=O)N2CCCC(C(C)N)C2)nn1.Cl. The lowest BCUT2D eigenvalue weighted by molar-refractivity contribution is 0.0655. The van der Waals surface area contributed by atoms with E-state index in [2.05, 4.69) is 24.2 Å². The Morgan fingerprint density at radius 3 is 2.82 bits per heavy atom. The van der Waals surface area contributed by atoms with Gasteiger partial charge in [-0.1, -0.05) is 19.1 Å². The summed E-state index contributed by atoms with van der Waals surface area (Å²) in [7, 11) is 0. The molecule has 126 valence electrons. The lowest BCUT2D eigenvalue weighted by Crippen LogP contribution is -2.45. The zero-order valence-corrected chi connectivity index (χ0v) is 14.6. The second-order valence-corrected chi connectivity index (χ2v) is 6.56. The van der Waals surface area contributed by atoms with E-state index < -0.39 is 0 Å². The van der Waals surface area contributed by atoms with Crippen LogP contribution in [0.4, 0.5) is 0 Å². The molecule has 2 rings (SSSR count). The summed E-state index contributed by atoms with van der Waals surface area (Å²) in [5, 5.41) is 8.08. The number of aromatic nitrogens is 3. The third-order valence-electron chi connectivity index (χ3n) is 4.18. The molecule has 0 spiro atoms. The fourth-order valence-corrected chi connectivity index (χ4v) is 2.68. The van der Waals surface area contributed by atoms with Crippen LogP contribution in [0.25, 0.3) is 0 Å². The van der Waals surface area contributed by atoms with Crippen LogP contribution in [0.5, 0.6) is 0 Å². The van der Waals surface area contributed by atoms with Crippen molar-refractivity contribution in [2.75, 3.05) is 13.1 Å². The molecule has 0 bridgehead atoms. The first-order valence-corrected chi connectivity index (χ1v) is 7.92. The van der Waals surface area contributed by atoms with E-state index in [1.165, 1.54) is 0 Å². The number of amides is 1. The smallest absolute Gasteiger partial charge is 0.276 e. The molecule has 2 atom stereocenters. The zero-order chi connectivity index (χ0) is 15.4. The highest BCUT2D eigenvalue weighted by molar-refractivity contribution is 5.92. The van der Waals surface area contributed by atoms with Crippen LogP contribution in [0.1, 0.15) is 50.5 Å². The van der Waals surface area contributed by atoms with Crippen LogP contribution in [0.2, 0.25) is 0 Å². The Morgan fingerprint density at radius 2 is 2.18 bits per heavy atom. The highest BCUT2D eigenvalue weighted by Crippen LogP contribution is 2.20. The second-order valence-electron chi connectivity index (χ2n) is 6.56. The normalized spacial score (nSPS) is 19.9. The largest absolute Gasteiger partial charge is 0.337 e. The maximum absolute atomic E-state index is 12.5. The molecule has 1 amide bonds. The molecule has 0 aliphatic carbocycles. The molecule has 0 radical (unpaired) electrons. The van der Waals surface area contributed by atoms with E-state index in [1.54, 1.807) is 10.9 Å². The minimum Gasteiger partial charge on any atom is -0.337 e. The third-order valence-corrected chi connectivity index (χ3v) is 4.18. The number of likely N-dealkylation sites (tertiary alicyclic amines) is 1. The highest BCUT2D eigenvalue weighted by atomic mass is 35.5. The number of rotatable bonds is 5. The molecular weight excluding hydrogens is 302 g/mol. The van der Waals surface area contributed by atoms with Crippen molar-refractivity contribution in [1.29, 1.82) is 0 Å². The summed E-state index contributed by atoms with van der Waals surface area (Å²) in [6.45, 7) is 8.69. The highest BCUT2D eigenvalue weighted by Gasteiger charge is 2.27. The molecule has 6 nitrogen and oxygen atoms in total. The van der Waals surface area contributed by atoms with Gasteiger partial charge in [0.2, 0.25) is 0 Å². The Morgan fingerprint density at radius 1 is 1.45 bits per heavy atom. The number of carbonyl (C=O) groups is 1. The van der Waals surface area contributed by atoms with Crippen molar-refractivity contribution >= 4 is 18.3 Å². The van der Waals surface area contributed by atoms with Gasteiger partial charge in [-0.3, -0.25) is 9.48 Å². The van der Waals surface area contributed by atoms with Gasteiger partial charge >= 0.3 is 0 Å². The molecule has 0 saturated carbocycles. The first-order chi connectivity index (χ1) is 9.97. The molecule has 22 heavy (non-hydrogen) atoms. The van der Waals surface area contributed by atoms with Crippen molar-refractivity contribution in [3.8, 4) is 0 Å². The maximum atomic E-state index is 12.5. The molecule has 1 aliphatic heterocycles. The number of hydrogen-bond acceptors (Lipinski definition) is 4. The van der Waals surface area contributed by atoms with Gasteiger partial charge in [0.15, 0.2) is 5.69 Å². The number of carbonyl (C=O) groups excluding carboxylic acids is 1. The molecule has 1 aromatic rings. The molecule has 7 heteroatoms. The van der Waals surface area contributed by atoms with Gasteiger partial charge in [-0.2, -0.15) is 0 Å². The molecule has 1 aliphatic rings. The van der Waals surface area contributed by atoms with Crippen molar-refractivity contribution in [3.63, 3.8) is 0 Å².